The summed E-state index contributed by atoms with van der Waals surface area (Å²) in [7, 11) is 1.47. The van der Waals surface area contributed by atoms with Gasteiger partial charge in [0.1, 0.15) is 13.2 Å². The van der Waals surface area contributed by atoms with E-state index < -0.39 is 28.6 Å². The van der Waals surface area contributed by atoms with Crippen molar-refractivity contribution in [1.82, 2.24) is 4.90 Å². The summed E-state index contributed by atoms with van der Waals surface area (Å²) in [5.41, 5.74) is 1.33. The van der Waals surface area contributed by atoms with Gasteiger partial charge < -0.3 is 14.2 Å². The summed E-state index contributed by atoms with van der Waals surface area (Å²) in [6.07, 6.45) is 3.11. The van der Waals surface area contributed by atoms with Gasteiger partial charge in [0.15, 0.2) is 11.5 Å². The number of hydrogen-bond acceptors (Lipinski definition) is 9. The average molecular weight is 501 g/mol. The van der Waals surface area contributed by atoms with Crippen molar-refractivity contribution in [3.05, 3.63) is 68.6 Å². The first-order chi connectivity index (χ1) is 16.8. The molecule has 11 heteroatoms. The number of methoxy groups -OCH3 is 1. The maximum absolute atomic E-state index is 12.6. The predicted octanol–water partition coefficient (Wildman–Crippen LogP) is 4.56. The lowest BCUT2D eigenvalue weighted by Crippen LogP contribution is -2.34. The van der Waals surface area contributed by atoms with E-state index >= 15 is 0 Å². The number of non-ortho nitro benzene ring substituents is 1. The largest absolute Gasteiger partial charge is 0.493 e. The van der Waals surface area contributed by atoms with Gasteiger partial charge in [0.05, 0.1) is 23.5 Å². The molecule has 0 bridgehead atoms. The first-order valence-electron chi connectivity index (χ1n) is 10.8. The fourth-order valence-corrected chi connectivity index (χ4v) is 3.90. The third kappa shape index (κ3) is 6.82. The lowest BCUT2D eigenvalue weighted by atomic mass is 10.1. The average Bonchev–Trinajstić information content (AvgIpc) is 3.10. The molecule has 0 saturated carbocycles. The van der Waals surface area contributed by atoms with E-state index in [0.717, 1.165) is 28.6 Å². The summed E-state index contributed by atoms with van der Waals surface area (Å²) in [4.78, 5) is 48.1. The normalized spacial score (nSPS) is 14.3. The molecule has 1 heterocycles. The fourth-order valence-electron chi connectivity index (χ4n) is 3.06. The van der Waals surface area contributed by atoms with Crippen molar-refractivity contribution >= 4 is 40.6 Å². The Morgan fingerprint density at radius 3 is 2.54 bits per heavy atom. The van der Waals surface area contributed by atoms with Gasteiger partial charge in [0.25, 0.3) is 16.8 Å². The molecular formula is C24H24N2O8S. The number of carbonyl (C=O) groups is 3. The summed E-state index contributed by atoms with van der Waals surface area (Å²) in [6.45, 7) is 1.95. The van der Waals surface area contributed by atoms with Crippen molar-refractivity contribution in [2.24, 2.45) is 0 Å². The minimum Gasteiger partial charge on any atom is -0.493 e. The van der Waals surface area contributed by atoms with Crippen LogP contribution >= 0.6 is 11.8 Å². The van der Waals surface area contributed by atoms with Crippen molar-refractivity contribution in [3.8, 4) is 11.5 Å². The molecule has 1 aliphatic heterocycles. The highest BCUT2D eigenvalue weighted by Crippen LogP contribution is 2.34. The molecule has 10 nitrogen and oxygen atoms in total. The number of esters is 1. The molecule has 0 radical (unpaired) electrons. The van der Waals surface area contributed by atoms with Gasteiger partial charge in [-0.05, 0) is 59.7 Å². The number of unbranched alkanes of at least 4 members (excludes halogenated alkanes) is 1. The molecule has 1 fully saturated rings. The first kappa shape index (κ1) is 25.8. The number of imide groups is 1. The number of amides is 2. The number of nitrogens with zero attached hydrogens (tertiary/aromatic N) is 2. The molecule has 184 valence electrons. The van der Waals surface area contributed by atoms with E-state index in [2.05, 4.69) is 0 Å². The Balaban J connectivity index is 1.66. The van der Waals surface area contributed by atoms with Gasteiger partial charge >= 0.3 is 5.97 Å². The van der Waals surface area contributed by atoms with Gasteiger partial charge in [0.2, 0.25) is 0 Å². The fraction of sp³-hybridized carbons (Fsp3) is 0.292. The third-order valence-corrected chi connectivity index (χ3v) is 5.86. The summed E-state index contributed by atoms with van der Waals surface area (Å²) in [6, 6.07) is 11.0. The third-order valence-electron chi connectivity index (χ3n) is 4.95. The second-order valence-corrected chi connectivity index (χ2v) is 8.46. The highest BCUT2D eigenvalue weighted by Gasteiger charge is 2.36. The van der Waals surface area contributed by atoms with Crippen LogP contribution in [0.25, 0.3) is 6.08 Å². The van der Waals surface area contributed by atoms with Crippen molar-refractivity contribution in [2.75, 3.05) is 20.3 Å². The molecule has 2 aromatic rings. The summed E-state index contributed by atoms with van der Waals surface area (Å²) < 4.78 is 16.2. The zero-order valence-corrected chi connectivity index (χ0v) is 20.0. The SMILES string of the molecule is CCCCOC(=O)CN1C(=O)S/C(=C/c2ccc(OCc3ccc([N+](=O)[O-])cc3)c(OC)c2)C1=O. The van der Waals surface area contributed by atoms with Crippen LogP contribution in [0.3, 0.4) is 0 Å². The maximum Gasteiger partial charge on any atom is 0.326 e. The standard InChI is InChI=1S/C24H24N2O8S/c1-3-4-11-33-22(27)14-25-23(28)21(35-24(25)29)13-17-7-10-19(20(12-17)32-2)34-15-16-5-8-18(9-6-16)26(30)31/h5-10,12-13H,3-4,11,14-15H2,1-2H3/b21-13+. The summed E-state index contributed by atoms with van der Waals surface area (Å²) in [5, 5.41) is 10.2. The molecule has 0 atom stereocenters. The lowest BCUT2D eigenvalue weighted by molar-refractivity contribution is -0.384. The van der Waals surface area contributed by atoms with E-state index in [-0.39, 0.29) is 23.8 Å². The van der Waals surface area contributed by atoms with Gasteiger partial charge in [-0.2, -0.15) is 0 Å². The van der Waals surface area contributed by atoms with Crippen molar-refractivity contribution in [1.29, 1.82) is 0 Å². The number of nitro groups is 1. The number of rotatable bonds is 11. The molecule has 2 aromatic carbocycles. The summed E-state index contributed by atoms with van der Waals surface area (Å²) >= 11 is 0.746. The Labute approximate surface area is 206 Å². The Kier molecular flexibility index (Phi) is 8.85. The van der Waals surface area contributed by atoms with E-state index in [1.165, 1.54) is 25.3 Å². The van der Waals surface area contributed by atoms with Gasteiger partial charge in [-0.25, -0.2) is 0 Å². The van der Waals surface area contributed by atoms with Crippen LogP contribution in [0, 0.1) is 10.1 Å². The van der Waals surface area contributed by atoms with Crippen LogP contribution in [-0.2, 0) is 20.9 Å². The second kappa shape index (κ2) is 12.0. The first-order valence-corrected chi connectivity index (χ1v) is 11.6. The Bertz CT molecular complexity index is 1150. The predicted molar refractivity (Wildman–Crippen MR) is 129 cm³/mol. The molecule has 0 aliphatic carbocycles. The van der Waals surface area contributed by atoms with Gasteiger partial charge in [-0.3, -0.25) is 29.4 Å². The van der Waals surface area contributed by atoms with E-state index in [1.807, 2.05) is 6.92 Å². The van der Waals surface area contributed by atoms with Crippen LogP contribution in [0.4, 0.5) is 10.5 Å². The Morgan fingerprint density at radius 1 is 1.14 bits per heavy atom. The second-order valence-electron chi connectivity index (χ2n) is 7.46. The van der Waals surface area contributed by atoms with Crippen LogP contribution in [0.1, 0.15) is 30.9 Å². The number of thioether (sulfide) groups is 1. The molecule has 35 heavy (non-hydrogen) atoms. The highest BCUT2D eigenvalue weighted by molar-refractivity contribution is 8.18. The molecule has 0 aromatic heterocycles. The monoisotopic (exact) mass is 500 g/mol. The van der Waals surface area contributed by atoms with Crippen LogP contribution in [0.2, 0.25) is 0 Å². The molecule has 2 amide bonds. The highest BCUT2D eigenvalue weighted by atomic mass is 32.2. The van der Waals surface area contributed by atoms with E-state index in [1.54, 1.807) is 30.3 Å². The molecule has 3 rings (SSSR count). The van der Waals surface area contributed by atoms with Crippen molar-refractivity contribution < 1.29 is 33.5 Å². The topological polar surface area (TPSA) is 125 Å². The maximum atomic E-state index is 12.6. The number of carbonyl (C=O) groups excluding carboxylic acids is 3. The van der Waals surface area contributed by atoms with Crippen LogP contribution in [-0.4, -0.2) is 47.2 Å². The van der Waals surface area contributed by atoms with Gasteiger partial charge in [0, 0.05) is 12.1 Å². The van der Waals surface area contributed by atoms with Crippen LogP contribution in [0.5, 0.6) is 11.5 Å². The molecule has 0 spiro atoms. The quantitative estimate of drug-likeness (QED) is 0.143. The lowest BCUT2D eigenvalue weighted by Gasteiger charge is -2.12. The Hall–Kier alpha value is -3.86. The molecule has 1 aliphatic rings. The van der Waals surface area contributed by atoms with Crippen molar-refractivity contribution in [2.45, 2.75) is 26.4 Å². The Morgan fingerprint density at radius 2 is 1.89 bits per heavy atom. The van der Waals surface area contributed by atoms with Gasteiger partial charge in [-0.15, -0.1) is 0 Å². The molecular weight excluding hydrogens is 476 g/mol. The number of nitro benzene ring substituents is 1. The van der Waals surface area contributed by atoms with Crippen LogP contribution < -0.4 is 9.47 Å². The molecule has 0 unspecified atom stereocenters. The van der Waals surface area contributed by atoms with E-state index in [4.69, 9.17) is 14.2 Å². The number of ether oxygens (including phenoxy) is 3. The molecule has 0 N–H and O–H groups in total. The van der Waals surface area contributed by atoms with Crippen LogP contribution in [0.15, 0.2) is 47.4 Å². The van der Waals surface area contributed by atoms with E-state index in [0.29, 0.717) is 23.5 Å². The minimum atomic E-state index is -0.627. The minimum absolute atomic E-state index is 0.00603. The zero-order valence-electron chi connectivity index (χ0n) is 19.2. The van der Waals surface area contributed by atoms with Crippen molar-refractivity contribution in [3.63, 3.8) is 0 Å². The smallest absolute Gasteiger partial charge is 0.326 e. The number of hydrogen-bond donors (Lipinski definition) is 0. The van der Waals surface area contributed by atoms with E-state index in [9.17, 15) is 24.5 Å². The zero-order chi connectivity index (χ0) is 25.4. The summed E-state index contributed by atoms with van der Waals surface area (Å²) in [5.74, 6) is -0.353. The molecule has 1 saturated heterocycles. The number of benzene rings is 2. The van der Waals surface area contributed by atoms with Gasteiger partial charge in [-0.1, -0.05) is 19.4 Å².